The number of hydrogen-bond donors (Lipinski definition) is 0. The molecule has 1 aliphatic heterocycles. The van der Waals surface area contributed by atoms with Crippen molar-refractivity contribution in [1.82, 2.24) is 0 Å². The normalized spacial score (nSPS) is 48.4. The van der Waals surface area contributed by atoms with Gasteiger partial charge in [0.25, 0.3) is 0 Å². The molecule has 3 aliphatic carbocycles. The van der Waals surface area contributed by atoms with Crippen molar-refractivity contribution in [2.75, 3.05) is 0 Å². The van der Waals surface area contributed by atoms with Gasteiger partial charge in [0.1, 0.15) is 0 Å². The summed E-state index contributed by atoms with van der Waals surface area (Å²) in [6.07, 6.45) is 4.85. The molecule has 1 heterocycles. The largest absolute Gasteiger partial charge is 0.392 e. The summed E-state index contributed by atoms with van der Waals surface area (Å²) in [5.74, 6) is 0.148. The summed E-state index contributed by atoms with van der Waals surface area (Å²) < 4.78 is 5.09. The molecule has 0 unspecified atom stereocenters. The standard InChI is InChI=1S/C15H18O3/c1-8(2)11-9-4-5-10(11)15-7-3-6-14(9,15)12(16)18-13(15)17/h9-10H,3-7H2,1-2H3/t9-,10+,14-,15+. The fraction of sp³-hybridized carbons (Fsp3) is 0.733. The summed E-state index contributed by atoms with van der Waals surface area (Å²) in [7, 11) is 0. The molecule has 0 amide bonds. The van der Waals surface area contributed by atoms with Gasteiger partial charge >= 0.3 is 11.9 Å². The van der Waals surface area contributed by atoms with Crippen molar-refractivity contribution in [3.63, 3.8) is 0 Å². The molecule has 4 fully saturated rings. The molecule has 96 valence electrons. The van der Waals surface area contributed by atoms with Crippen LogP contribution in [0.5, 0.6) is 0 Å². The van der Waals surface area contributed by atoms with Crippen molar-refractivity contribution < 1.29 is 14.3 Å². The molecule has 0 aromatic heterocycles. The molecule has 0 N–H and O–H groups in total. The number of fused-ring (bicyclic) bond motifs is 2. The Hall–Kier alpha value is -1.12. The maximum atomic E-state index is 12.4. The van der Waals surface area contributed by atoms with Crippen molar-refractivity contribution in [1.29, 1.82) is 0 Å². The second-order valence-corrected chi connectivity index (χ2v) is 6.61. The molecule has 0 aromatic rings. The molecular formula is C15H18O3. The van der Waals surface area contributed by atoms with Crippen LogP contribution in [0, 0.1) is 22.7 Å². The van der Waals surface area contributed by atoms with E-state index in [1.165, 1.54) is 11.1 Å². The molecular weight excluding hydrogens is 228 g/mol. The lowest BCUT2D eigenvalue weighted by Crippen LogP contribution is -2.45. The molecule has 2 bridgehead atoms. The molecule has 4 aliphatic rings. The molecule has 1 saturated heterocycles. The predicted molar refractivity (Wildman–Crippen MR) is 64.4 cm³/mol. The van der Waals surface area contributed by atoms with Gasteiger partial charge in [-0.05, 0) is 51.4 Å². The topological polar surface area (TPSA) is 43.4 Å². The molecule has 3 saturated carbocycles. The first kappa shape index (κ1) is 10.8. The number of carbonyl (C=O) groups is 2. The summed E-state index contributed by atoms with van der Waals surface area (Å²) >= 11 is 0. The van der Waals surface area contributed by atoms with Crippen LogP contribution >= 0.6 is 0 Å². The van der Waals surface area contributed by atoms with Crippen molar-refractivity contribution in [3.8, 4) is 0 Å². The van der Waals surface area contributed by atoms with Gasteiger partial charge in [-0.25, -0.2) is 0 Å². The Morgan fingerprint density at radius 2 is 1.56 bits per heavy atom. The third-order valence-electron chi connectivity index (χ3n) is 6.11. The van der Waals surface area contributed by atoms with Gasteiger partial charge in [-0.2, -0.15) is 0 Å². The average Bonchev–Trinajstić information content (AvgIpc) is 2.99. The van der Waals surface area contributed by atoms with Gasteiger partial charge in [-0.3, -0.25) is 9.59 Å². The van der Waals surface area contributed by atoms with E-state index in [9.17, 15) is 9.59 Å². The number of allylic oxidation sites excluding steroid dienone is 2. The molecule has 18 heavy (non-hydrogen) atoms. The van der Waals surface area contributed by atoms with Crippen LogP contribution in [-0.4, -0.2) is 11.9 Å². The first-order valence-electron chi connectivity index (χ1n) is 6.99. The number of esters is 2. The third-order valence-corrected chi connectivity index (χ3v) is 6.11. The van der Waals surface area contributed by atoms with Crippen LogP contribution in [0.15, 0.2) is 11.1 Å². The zero-order valence-electron chi connectivity index (χ0n) is 10.9. The lowest BCUT2D eigenvalue weighted by atomic mass is 9.59. The lowest BCUT2D eigenvalue weighted by Gasteiger charge is -2.37. The van der Waals surface area contributed by atoms with Crippen molar-refractivity contribution in [3.05, 3.63) is 11.1 Å². The van der Waals surface area contributed by atoms with E-state index in [0.717, 1.165) is 32.1 Å². The number of rotatable bonds is 0. The Bertz CT molecular complexity index is 476. The first-order valence-corrected chi connectivity index (χ1v) is 6.99. The summed E-state index contributed by atoms with van der Waals surface area (Å²) in [6.45, 7) is 4.25. The Morgan fingerprint density at radius 3 is 2.00 bits per heavy atom. The van der Waals surface area contributed by atoms with Crippen LogP contribution in [0.1, 0.15) is 46.0 Å². The second kappa shape index (κ2) is 2.89. The van der Waals surface area contributed by atoms with Gasteiger partial charge in [0, 0.05) is 0 Å². The monoisotopic (exact) mass is 246 g/mol. The van der Waals surface area contributed by atoms with Gasteiger partial charge in [0.05, 0.1) is 10.8 Å². The van der Waals surface area contributed by atoms with Gasteiger partial charge < -0.3 is 4.74 Å². The highest BCUT2D eigenvalue weighted by Crippen LogP contribution is 2.78. The number of hydrogen-bond acceptors (Lipinski definition) is 3. The smallest absolute Gasteiger partial charge is 0.321 e. The average molecular weight is 246 g/mol. The number of ether oxygens (including phenoxy) is 1. The predicted octanol–water partition coefficient (Wildman–Crippen LogP) is 2.60. The number of cyclic esters (lactones) is 2. The Labute approximate surface area is 107 Å². The lowest BCUT2D eigenvalue weighted by molar-refractivity contribution is -0.157. The Kier molecular flexibility index (Phi) is 1.73. The summed E-state index contributed by atoms with van der Waals surface area (Å²) in [6, 6.07) is 0. The van der Waals surface area contributed by atoms with E-state index in [2.05, 4.69) is 13.8 Å². The summed E-state index contributed by atoms with van der Waals surface area (Å²) in [5, 5.41) is 0. The summed E-state index contributed by atoms with van der Waals surface area (Å²) in [4.78, 5) is 24.7. The van der Waals surface area contributed by atoms with Crippen LogP contribution in [-0.2, 0) is 14.3 Å². The van der Waals surface area contributed by atoms with Gasteiger partial charge in [0.15, 0.2) is 0 Å². The molecule has 3 heteroatoms. The van der Waals surface area contributed by atoms with E-state index in [0.29, 0.717) is 0 Å². The fourth-order valence-electron chi connectivity index (χ4n) is 5.79. The highest BCUT2D eigenvalue weighted by molar-refractivity contribution is 6.04. The minimum Gasteiger partial charge on any atom is -0.392 e. The zero-order valence-corrected chi connectivity index (χ0v) is 10.9. The first-order chi connectivity index (χ1) is 8.55. The van der Waals surface area contributed by atoms with Crippen LogP contribution in [0.3, 0.4) is 0 Å². The molecule has 0 spiro atoms. The molecule has 0 radical (unpaired) electrons. The Balaban J connectivity index is 2.03. The van der Waals surface area contributed by atoms with Gasteiger partial charge in [0.2, 0.25) is 0 Å². The zero-order chi connectivity index (χ0) is 12.7. The van der Waals surface area contributed by atoms with Crippen molar-refractivity contribution in [2.45, 2.75) is 46.0 Å². The van der Waals surface area contributed by atoms with Crippen molar-refractivity contribution >= 4 is 11.9 Å². The minimum atomic E-state index is -0.473. The van der Waals surface area contributed by atoms with E-state index in [1.54, 1.807) is 0 Å². The van der Waals surface area contributed by atoms with E-state index in [1.807, 2.05) is 0 Å². The SMILES string of the molecule is CC(C)=C1[C@H]2CC[C@@H]1[C@]13CCC[C@]21C(=O)OC3=O. The van der Waals surface area contributed by atoms with Crippen LogP contribution in [0.25, 0.3) is 0 Å². The second-order valence-electron chi connectivity index (χ2n) is 6.61. The highest BCUT2D eigenvalue weighted by atomic mass is 16.6. The maximum Gasteiger partial charge on any atom is 0.321 e. The molecule has 3 nitrogen and oxygen atoms in total. The van der Waals surface area contributed by atoms with Crippen molar-refractivity contribution in [2.24, 2.45) is 22.7 Å². The Morgan fingerprint density at radius 1 is 1.06 bits per heavy atom. The summed E-state index contributed by atoms with van der Waals surface area (Å²) in [5.41, 5.74) is 1.79. The molecule has 4 rings (SSSR count). The highest BCUT2D eigenvalue weighted by Gasteiger charge is 2.82. The van der Waals surface area contributed by atoms with E-state index >= 15 is 0 Å². The van der Waals surface area contributed by atoms with Crippen LogP contribution in [0.2, 0.25) is 0 Å². The minimum absolute atomic E-state index is 0.212. The fourth-order valence-corrected chi connectivity index (χ4v) is 5.79. The third kappa shape index (κ3) is 0.773. The molecule has 0 aromatic carbocycles. The van der Waals surface area contributed by atoms with Crippen LogP contribution in [0.4, 0.5) is 0 Å². The van der Waals surface area contributed by atoms with Crippen LogP contribution < -0.4 is 0 Å². The van der Waals surface area contributed by atoms with E-state index in [4.69, 9.17) is 4.74 Å². The number of carbonyl (C=O) groups excluding carboxylic acids is 2. The van der Waals surface area contributed by atoms with E-state index in [-0.39, 0.29) is 23.8 Å². The van der Waals surface area contributed by atoms with E-state index < -0.39 is 10.8 Å². The van der Waals surface area contributed by atoms with Gasteiger partial charge in [-0.15, -0.1) is 0 Å². The quantitative estimate of drug-likeness (QED) is 0.375. The van der Waals surface area contributed by atoms with Gasteiger partial charge in [-0.1, -0.05) is 17.6 Å². The molecule has 4 atom stereocenters. The maximum absolute atomic E-state index is 12.4.